The Morgan fingerprint density at radius 1 is 0.943 bits per heavy atom. The number of aryl methyl sites for hydroxylation is 1. The summed E-state index contributed by atoms with van der Waals surface area (Å²) in [5.41, 5.74) is 2.46. The lowest BCUT2D eigenvalue weighted by molar-refractivity contribution is 0.387. The van der Waals surface area contributed by atoms with Crippen LogP contribution in [-0.4, -0.2) is 50.7 Å². The lowest BCUT2D eigenvalue weighted by Gasteiger charge is -2.13. The molecule has 0 aliphatic carbocycles. The van der Waals surface area contributed by atoms with E-state index in [1.54, 1.807) is 29.5 Å². The minimum Gasteiger partial charge on any atom is -0.497 e. The molecule has 0 radical (unpaired) electrons. The highest BCUT2D eigenvalue weighted by Gasteiger charge is 2.18. The van der Waals surface area contributed by atoms with E-state index < -0.39 is 5.82 Å². The highest BCUT2D eigenvalue weighted by molar-refractivity contribution is 5.93. The Morgan fingerprint density at radius 3 is 2.49 bits per heavy atom. The van der Waals surface area contributed by atoms with Crippen LogP contribution in [0.1, 0.15) is 12.5 Å². The van der Waals surface area contributed by atoms with Crippen molar-refractivity contribution in [2.75, 3.05) is 26.6 Å². The monoisotopic (exact) mass is 477 g/mol. The zero-order valence-electron chi connectivity index (χ0n) is 19.7. The van der Waals surface area contributed by atoms with Crippen LogP contribution < -0.4 is 19.5 Å². The molecule has 11 heteroatoms. The van der Waals surface area contributed by atoms with Gasteiger partial charge in [-0.05, 0) is 31.2 Å². The van der Waals surface area contributed by atoms with Gasteiger partial charge in [-0.15, -0.1) is 5.10 Å². The van der Waals surface area contributed by atoms with Crippen molar-refractivity contribution in [3.63, 3.8) is 0 Å². The predicted molar refractivity (Wildman–Crippen MR) is 129 cm³/mol. The smallest absolute Gasteiger partial charge is 0.226 e. The standard InChI is InChI=1S/C24H24FN7O3/c1-5-31-9-8-18(29-31)22-28-23-16-11-17(25)21(35-4)12-19(16)27-24(32(23)30-22)26-13-14-6-7-15(33-2)10-20(14)34-3/h6-12H,5,13H2,1-4H3,(H,26,27). The lowest BCUT2D eigenvalue weighted by Crippen LogP contribution is -2.09. The highest BCUT2D eigenvalue weighted by atomic mass is 19.1. The molecule has 0 bridgehead atoms. The van der Waals surface area contributed by atoms with Crippen LogP contribution in [0.15, 0.2) is 42.6 Å². The number of hydrogen-bond acceptors (Lipinski definition) is 8. The van der Waals surface area contributed by atoms with Gasteiger partial charge in [0.1, 0.15) is 17.2 Å². The van der Waals surface area contributed by atoms with E-state index in [0.29, 0.717) is 52.1 Å². The largest absolute Gasteiger partial charge is 0.497 e. The van der Waals surface area contributed by atoms with Gasteiger partial charge < -0.3 is 19.5 Å². The number of rotatable bonds is 8. The third kappa shape index (κ3) is 4.05. The fourth-order valence-electron chi connectivity index (χ4n) is 3.82. The van der Waals surface area contributed by atoms with E-state index in [1.165, 1.54) is 13.2 Å². The summed E-state index contributed by atoms with van der Waals surface area (Å²) in [5, 5.41) is 12.9. The van der Waals surface area contributed by atoms with Crippen molar-refractivity contribution >= 4 is 22.5 Å². The minimum absolute atomic E-state index is 0.0959. The molecule has 0 unspecified atom stereocenters. The minimum atomic E-state index is -0.507. The van der Waals surface area contributed by atoms with E-state index in [2.05, 4.69) is 20.5 Å². The summed E-state index contributed by atoms with van der Waals surface area (Å²) in [5.74, 6) is 1.78. The maximum atomic E-state index is 14.6. The first-order chi connectivity index (χ1) is 17.0. The van der Waals surface area contributed by atoms with Gasteiger partial charge in [-0.25, -0.2) is 14.4 Å². The maximum Gasteiger partial charge on any atom is 0.226 e. The van der Waals surface area contributed by atoms with Crippen LogP contribution in [0.2, 0.25) is 0 Å². The number of halogens is 1. The zero-order valence-corrected chi connectivity index (χ0v) is 19.7. The Labute approximate surface area is 200 Å². The number of aromatic nitrogens is 6. The summed E-state index contributed by atoms with van der Waals surface area (Å²) in [6.45, 7) is 3.11. The quantitative estimate of drug-likeness (QED) is 0.359. The molecule has 1 N–H and O–H groups in total. The van der Waals surface area contributed by atoms with Crippen LogP contribution in [0, 0.1) is 5.82 Å². The Balaban J connectivity index is 1.63. The highest BCUT2D eigenvalue weighted by Crippen LogP contribution is 2.30. The Hall–Kier alpha value is -4.41. The average Bonchev–Trinajstić information content (AvgIpc) is 3.54. The number of ether oxygens (including phenoxy) is 3. The van der Waals surface area contributed by atoms with Crippen molar-refractivity contribution in [2.24, 2.45) is 0 Å². The number of methoxy groups -OCH3 is 3. The third-order valence-corrected chi connectivity index (χ3v) is 5.67. The van der Waals surface area contributed by atoms with Gasteiger partial charge in [-0.1, -0.05) is 0 Å². The summed E-state index contributed by atoms with van der Waals surface area (Å²) >= 11 is 0. The molecular formula is C24H24FN7O3. The molecule has 5 aromatic rings. The molecule has 10 nitrogen and oxygen atoms in total. The molecular weight excluding hydrogens is 453 g/mol. The first-order valence-corrected chi connectivity index (χ1v) is 11.0. The van der Waals surface area contributed by atoms with E-state index in [9.17, 15) is 4.39 Å². The molecule has 180 valence electrons. The second-order valence-electron chi connectivity index (χ2n) is 7.70. The van der Waals surface area contributed by atoms with Gasteiger partial charge in [0, 0.05) is 42.4 Å². The fraction of sp³-hybridized carbons (Fsp3) is 0.250. The molecule has 0 atom stereocenters. The van der Waals surface area contributed by atoms with E-state index in [1.807, 2.05) is 37.4 Å². The van der Waals surface area contributed by atoms with Crippen molar-refractivity contribution in [3.05, 3.63) is 54.0 Å². The zero-order chi connectivity index (χ0) is 24.5. The molecule has 0 spiro atoms. The first-order valence-electron chi connectivity index (χ1n) is 11.0. The normalized spacial score (nSPS) is 11.2. The van der Waals surface area contributed by atoms with Crippen molar-refractivity contribution in [2.45, 2.75) is 20.0 Å². The van der Waals surface area contributed by atoms with E-state index in [4.69, 9.17) is 19.2 Å². The Morgan fingerprint density at radius 2 is 1.77 bits per heavy atom. The molecule has 3 aromatic heterocycles. The fourth-order valence-corrected chi connectivity index (χ4v) is 3.82. The molecule has 0 fully saturated rings. The molecule has 0 saturated carbocycles. The third-order valence-electron chi connectivity index (χ3n) is 5.67. The molecule has 5 rings (SSSR count). The molecule has 35 heavy (non-hydrogen) atoms. The molecule has 0 aliphatic heterocycles. The molecule has 3 heterocycles. The van der Waals surface area contributed by atoms with Gasteiger partial charge in [0.05, 0.1) is 26.8 Å². The van der Waals surface area contributed by atoms with Crippen molar-refractivity contribution in [3.8, 4) is 28.8 Å². The van der Waals surface area contributed by atoms with E-state index in [0.717, 1.165) is 12.1 Å². The van der Waals surface area contributed by atoms with Crippen LogP contribution >= 0.6 is 0 Å². The number of benzene rings is 2. The van der Waals surface area contributed by atoms with Gasteiger partial charge >= 0.3 is 0 Å². The summed E-state index contributed by atoms with van der Waals surface area (Å²) in [4.78, 5) is 9.37. The SMILES string of the molecule is CCn1ccc(-c2nc3c4cc(F)c(OC)cc4nc(NCc4ccc(OC)cc4OC)n3n2)n1. The summed E-state index contributed by atoms with van der Waals surface area (Å²) < 4.78 is 33.9. The van der Waals surface area contributed by atoms with Gasteiger partial charge in [0.15, 0.2) is 17.2 Å². The van der Waals surface area contributed by atoms with Crippen LogP contribution in [0.25, 0.3) is 28.1 Å². The molecule has 0 saturated heterocycles. The first kappa shape index (κ1) is 22.4. The van der Waals surface area contributed by atoms with Crippen molar-refractivity contribution < 1.29 is 18.6 Å². The molecule has 0 aliphatic rings. The second kappa shape index (κ2) is 9.09. The van der Waals surface area contributed by atoms with Gasteiger partial charge in [0.25, 0.3) is 0 Å². The maximum absolute atomic E-state index is 14.6. The molecule has 0 amide bonds. The number of hydrogen-bond donors (Lipinski definition) is 1. The van der Waals surface area contributed by atoms with Crippen LogP contribution in [-0.2, 0) is 13.1 Å². The predicted octanol–water partition coefficient (Wildman–Crippen LogP) is 3.94. The van der Waals surface area contributed by atoms with Crippen LogP contribution in [0.5, 0.6) is 17.2 Å². The average molecular weight is 478 g/mol. The summed E-state index contributed by atoms with van der Waals surface area (Å²) in [6.07, 6.45) is 1.86. The number of anilines is 1. The van der Waals surface area contributed by atoms with Gasteiger partial charge in [-0.3, -0.25) is 4.68 Å². The van der Waals surface area contributed by atoms with E-state index in [-0.39, 0.29) is 5.75 Å². The number of fused-ring (bicyclic) bond motifs is 3. The van der Waals surface area contributed by atoms with Crippen molar-refractivity contribution in [1.82, 2.24) is 29.4 Å². The van der Waals surface area contributed by atoms with Gasteiger partial charge in [-0.2, -0.15) is 9.61 Å². The second-order valence-corrected chi connectivity index (χ2v) is 7.70. The van der Waals surface area contributed by atoms with Gasteiger partial charge in [0.2, 0.25) is 11.8 Å². The summed E-state index contributed by atoms with van der Waals surface area (Å²) in [7, 11) is 4.62. The number of nitrogens with zero attached hydrogens (tertiary/aromatic N) is 6. The Kier molecular flexibility index (Phi) is 5.81. The van der Waals surface area contributed by atoms with Crippen LogP contribution in [0.3, 0.4) is 0 Å². The van der Waals surface area contributed by atoms with E-state index >= 15 is 0 Å². The lowest BCUT2D eigenvalue weighted by atomic mass is 10.2. The van der Waals surface area contributed by atoms with Crippen LogP contribution in [0.4, 0.5) is 10.3 Å². The van der Waals surface area contributed by atoms with Crippen molar-refractivity contribution in [1.29, 1.82) is 0 Å². The molecule has 2 aromatic carbocycles. The topological polar surface area (TPSA) is 101 Å². The Bertz CT molecular complexity index is 1530. The summed E-state index contributed by atoms with van der Waals surface area (Å²) in [6, 6.07) is 10.3. The number of nitrogens with one attached hydrogen (secondary N) is 1.